The van der Waals surface area contributed by atoms with Gasteiger partial charge in [-0.15, -0.1) is 0 Å². The van der Waals surface area contributed by atoms with Crippen molar-refractivity contribution in [2.45, 2.75) is 31.7 Å². The Hall–Kier alpha value is -2.30. The second kappa shape index (κ2) is 6.22. The molecule has 22 heavy (non-hydrogen) atoms. The molecular weight excluding hydrogens is 276 g/mol. The maximum Gasteiger partial charge on any atom is 0.276 e. The van der Waals surface area contributed by atoms with Gasteiger partial charge >= 0.3 is 0 Å². The van der Waals surface area contributed by atoms with Crippen LogP contribution in [0.5, 0.6) is 0 Å². The summed E-state index contributed by atoms with van der Waals surface area (Å²) in [5.41, 5.74) is 2.36. The fourth-order valence-electron chi connectivity index (χ4n) is 2.87. The third kappa shape index (κ3) is 3.13. The molecule has 0 saturated heterocycles. The van der Waals surface area contributed by atoms with Crippen molar-refractivity contribution in [1.82, 2.24) is 9.78 Å². The zero-order valence-electron chi connectivity index (χ0n) is 13.1. The van der Waals surface area contributed by atoms with Gasteiger partial charge in [0.05, 0.1) is 6.04 Å². The number of anilines is 2. The minimum atomic E-state index is -0.158. The number of amides is 1. The summed E-state index contributed by atoms with van der Waals surface area (Å²) >= 11 is 0. The van der Waals surface area contributed by atoms with Crippen LogP contribution < -0.4 is 10.2 Å². The SMILES string of the molecule is CN(C)c1ccc(NC(=O)c2ccn(C3CCCC3)n2)cc1. The number of hydrogen-bond donors (Lipinski definition) is 1. The van der Waals surface area contributed by atoms with E-state index in [2.05, 4.69) is 10.4 Å². The van der Waals surface area contributed by atoms with Crippen molar-refractivity contribution in [1.29, 1.82) is 0 Å². The number of rotatable bonds is 4. The molecule has 1 aliphatic rings. The standard InChI is InChI=1S/C17H22N4O/c1-20(2)14-9-7-13(8-10-14)18-17(22)16-11-12-21(19-16)15-5-3-4-6-15/h7-12,15H,3-6H2,1-2H3,(H,18,22). The van der Waals surface area contributed by atoms with Crippen LogP contribution in [0.3, 0.4) is 0 Å². The Morgan fingerprint density at radius 3 is 2.50 bits per heavy atom. The Labute approximate surface area is 130 Å². The van der Waals surface area contributed by atoms with Gasteiger partial charge in [0.25, 0.3) is 5.91 Å². The summed E-state index contributed by atoms with van der Waals surface area (Å²) in [5, 5.41) is 7.33. The average Bonchev–Trinajstić information content (AvgIpc) is 3.19. The highest BCUT2D eigenvalue weighted by Gasteiger charge is 2.19. The second-order valence-electron chi connectivity index (χ2n) is 6.01. The Kier molecular flexibility index (Phi) is 4.13. The molecule has 1 aromatic carbocycles. The Balaban J connectivity index is 1.66. The highest BCUT2D eigenvalue weighted by atomic mass is 16.1. The maximum absolute atomic E-state index is 12.3. The number of benzene rings is 1. The molecule has 0 atom stereocenters. The van der Waals surface area contributed by atoms with Gasteiger partial charge in [0.1, 0.15) is 0 Å². The van der Waals surface area contributed by atoms with Gasteiger partial charge in [-0.3, -0.25) is 9.48 Å². The number of hydrogen-bond acceptors (Lipinski definition) is 3. The van der Waals surface area contributed by atoms with E-state index in [0.29, 0.717) is 11.7 Å². The Bertz CT molecular complexity index is 639. The molecule has 1 heterocycles. The molecule has 1 amide bonds. The molecule has 116 valence electrons. The molecule has 3 rings (SSSR count). The molecule has 0 spiro atoms. The minimum Gasteiger partial charge on any atom is -0.378 e. The van der Waals surface area contributed by atoms with Gasteiger partial charge in [0.15, 0.2) is 5.69 Å². The van der Waals surface area contributed by atoms with Gasteiger partial charge in [-0.25, -0.2) is 0 Å². The van der Waals surface area contributed by atoms with Gasteiger partial charge in [-0.1, -0.05) is 12.8 Å². The van der Waals surface area contributed by atoms with Crippen molar-refractivity contribution in [3.63, 3.8) is 0 Å². The molecule has 1 aliphatic carbocycles. The molecule has 0 radical (unpaired) electrons. The lowest BCUT2D eigenvalue weighted by Gasteiger charge is -2.12. The molecule has 0 bridgehead atoms. The van der Waals surface area contributed by atoms with Gasteiger partial charge in [0.2, 0.25) is 0 Å². The van der Waals surface area contributed by atoms with E-state index in [9.17, 15) is 4.79 Å². The number of carbonyl (C=O) groups excluding carboxylic acids is 1. The first-order chi connectivity index (χ1) is 10.6. The molecule has 1 saturated carbocycles. The topological polar surface area (TPSA) is 50.2 Å². The van der Waals surface area contributed by atoms with Crippen molar-refractivity contribution >= 4 is 17.3 Å². The van der Waals surface area contributed by atoms with Gasteiger partial charge in [-0.05, 0) is 43.2 Å². The normalized spacial score (nSPS) is 15.0. The van der Waals surface area contributed by atoms with E-state index in [0.717, 1.165) is 24.2 Å². The molecule has 1 fully saturated rings. The van der Waals surface area contributed by atoms with Crippen molar-refractivity contribution in [2.24, 2.45) is 0 Å². The van der Waals surface area contributed by atoms with Crippen LogP contribution in [0, 0.1) is 0 Å². The highest BCUT2D eigenvalue weighted by Crippen LogP contribution is 2.28. The predicted molar refractivity (Wildman–Crippen MR) is 88.5 cm³/mol. The smallest absolute Gasteiger partial charge is 0.276 e. The molecule has 0 aliphatic heterocycles. The van der Waals surface area contributed by atoms with Crippen molar-refractivity contribution < 1.29 is 4.79 Å². The lowest BCUT2D eigenvalue weighted by atomic mass is 10.2. The number of nitrogens with zero attached hydrogens (tertiary/aromatic N) is 3. The minimum absolute atomic E-state index is 0.158. The largest absolute Gasteiger partial charge is 0.378 e. The number of nitrogens with one attached hydrogen (secondary N) is 1. The van der Waals surface area contributed by atoms with Crippen molar-refractivity contribution in [3.8, 4) is 0 Å². The van der Waals surface area contributed by atoms with Crippen LogP contribution in [0.15, 0.2) is 36.5 Å². The van der Waals surface area contributed by atoms with Gasteiger partial charge in [-0.2, -0.15) is 5.10 Å². The zero-order chi connectivity index (χ0) is 15.5. The summed E-state index contributed by atoms with van der Waals surface area (Å²) in [5.74, 6) is -0.158. The van der Waals surface area contributed by atoms with Crippen LogP contribution in [0.1, 0.15) is 42.2 Å². The highest BCUT2D eigenvalue weighted by molar-refractivity contribution is 6.02. The predicted octanol–water partition coefficient (Wildman–Crippen LogP) is 3.32. The monoisotopic (exact) mass is 298 g/mol. The van der Waals surface area contributed by atoms with Crippen molar-refractivity contribution in [3.05, 3.63) is 42.2 Å². The van der Waals surface area contributed by atoms with Gasteiger partial charge < -0.3 is 10.2 Å². The molecular formula is C17H22N4O. The first-order valence-electron chi connectivity index (χ1n) is 7.77. The molecule has 1 aromatic heterocycles. The number of carbonyl (C=O) groups is 1. The first-order valence-corrected chi connectivity index (χ1v) is 7.77. The van der Waals surface area contributed by atoms with Crippen LogP contribution in [0.4, 0.5) is 11.4 Å². The fraction of sp³-hybridized carbons (Fsp3) is 0.412. The van der Waals surface area contributed by atoms with E-state index in [4.69, 9.17) is 0 Å². The molecule has 5 heteroatoms. The van der Waals surface area contributed by atoms with E-state index >= 15 is 0 Å². The average molecular weight is 298 g/mol. The van der Waals surface area contributed by atoms with Crippen LogP contribution in [-0.2, 0) is 0 Å². The summed E-state index contributed by atoms with van der Waals surface area (Å²) in [4.78, 5) is 14.3. The summed E-state index contributed by atoms with van der Waals surface area (Å²) in [6, 6.07) is 10.0. The third-order valence-corrected chi connectivity index (χ3v) is 4.18. The summed E-state index contributed by atoms with van der Waals surface area (Å²) < 4.78 is 1.94. The van der Waals surface area contributed by atoms with Crippen LogP contribution in [0.25, 0.3) is 0 Å². The summed E-state index contributed by atoms with van der Waals surface area (Å²) in [7, 11) is 3.98. The number of aromatic nitrogens is 2. The summed E-state index contributed by atoms with van der Waals surface area (Å²) in [6.45, 7) is 0. The van der Waals surface area contributed by atoms with Gasteiger partial charge in [0, 0.05) is 31.7 Å². The fourth-order valence-corrected chi connectivity index (χ4v) is 2.87. The molecule has 2 aromatic rings. The lowest BCUT2D eigenvalue weighted by Crippen LogP contribution is -2.14. The Morgan fingerprint density at radius 2 is 1.86 bits per heavy atom. The van der Waals surface area contributed by atoms with E-state index in [1.165, 1.54) is 12.8 Å². The van der Waals surface area contributed by atoms with Crippen molar-refractivity contribution in [2.75, 3.05) is 24.3 Å². The van der Waals surface area contributed by atoms with E-state index in [-0.39, 0.29) is 5.91 Å². The second-order valence-corrected chi connectivity index (χ2v) is 6.01. The van der Waals surface area contributed by atoms with E-state index in [1.54, 1.807) is 6.07 Å². The van der Waals surface area contributed by atoms with E-state index < -0.39 is 0 Å². The molecule has 1 N–H and O–H groups in total. The first kappa shape index (κ1) is 14.6. The summed E-state index contributed by atoms with van der Waals surface area (Å²) in [6.07, 6.45) is 6.75. The van der Waals surface area contributed by atoms with Crippen LogP contribution in [-0.4, -0.2) is 29.8 Å². The quantitative estimate of drug-likeness (QED) is 0.942. The van der Waals surface area contributed by atoms with Crippen LogP contribution >= 0.6 is 0 Å². The molecule has 0 unspecified atom stereocenters. The molecule has 5 nitrogen and oxygen atoms in total. The zero-order valence-corrected chi connectivity index (χ0v) is 13.1. The lowest BCUT2D eigenvalue weighted by molar-refractivity contribution is 0.102. The Morgan fingerprint density at radius 1 is 1.18 bits per heavy atom. The van der Waals surface area contributed by atoms with Crippen LogP contribution in [0.2, 0.25) is 0 Å². The van der Waals surface area contributed by atoms with E-state index in [1.807, 2.05) is 54.1 Å². The maximum atomic E-state index is 12.3. The third-order valence-electron chi connectivity index (χ3n) is 4.18.